The van der Waals surface area contributed by atoms with Gasteiger partial charge in [-0.05, 0) is 74.1 Å². The summed E-state index contributed by atoms with van der Waals surface area (Å²) in [5.41, 5.74) is 4.57. The second kappa shape index (κ2) is 12.0. The first-order valence-corrected chi connectivity index (χ1v) is 15.0. The average molecular weight is 625 g/mol. The minimum Gasteiger partial charge on any atom is -0.324 e. The molecule has 45 heavy (non-hydrogen) atoms. The summed E-state index contributed by atoms with van der Waals surface area (Å²) in [6, 6.07) is 11.8. The Morgan fingerprint density at radius 3 is 2.22 bits per heavy atom. The monoisotopic (exact) mass is 624 g/mol. The molecule has 1 aliphatic rings. The number of amides is 1. The van der Waals surface area contributed by atoms with Gasteiger partial charge in [-0.2, -0.15) is 18.3 Å². The zero-order chi connectivity index (χ0) is 32.8. The van der Waals surface area contributed by atoms with Crippen molar-refractivity contribution in [2.75, 3.05) is 5.32 Å². The lowest BCUT2D eigenvalue weighted by molar-refractivity contribution is -0.137. The molecule has 0 aliphatic carbocycles. The molecule has 0 radical (unpaired) electrons. The second-order valence-corrected chi connectivity index (χ2v) is 12.3. The van der Waals surface area contributed by atoms with Crippen LogP contribution in [0.4, 0.5) is 27.6 Å². The molecule has 0 unspecified atom stereocenters. The van der Waals surface area contributed by atoms with Gasteiger partial charge in [-0.3, -0.25) is 9.69 Å². The van der Waals surface area contributed by atoms with E-state index in [-0.39, 0.29) is 11.3 Å². The van der Waals surface area contributed by atoms with Crippen molar-refractivity contribution in [3.8, 4) is 16.9 Å². The van der Waals surface area contributed by atoms with Crippen LogP contribution in [0.2, 0.25) is 0 Å². The number of fused-ring (bicyclic) bond motifs is 1. The van der Waals surface area contributed by atoms with Crippen LogP contribution in [0.3, 0.4) is 0 Å². The van der Waals surface area contributed by atoms with Gasteiger partial charge in [0, 0.05) is 49.2 Å². The topological polar surface area (TPSA) is 50.2 Å². The highest BCUT2D eigenvalue weighted by Gasteiger charge is 2.39. The molecule has 10 heteroatoms. The maximum Gasteiger partial charge on any atom is 0.416 e. The quantitative estimate of drug-likeness (QED) is 0.210. The van der Waals surface area contributed by atoms with Gasteiger partial charge in [-0.15, -0.1) is 0 Å². The maximum absolute atomic E-state index is 16.0. The van der Waals surface area contributed by atoms with Crippen molar-refractivity contribution in [3.05, 3.63) is 99.2 Å². The zero-order valence-corrected chi connectivity index (χ0v) is 26.3. The molecule has 0 bridgehead atoms. The fourth-order valence-electron chi connectivity index (χ4n) is 6.19. The summed E-state index contributed by atoms with van der Waals surface area (Å²) in [6.45, 7) is 11.7. The van der Waals surface area contributed by atoms with E-state index in [0.29, 0.717) is 43.6 Å². The summed E-state index contributed by atoms with van der Waals surface area (Å²) >= 11 is 0. The molecule has 2 heterocycles. The Balaban J connectivity index is 1.70. The van der Waals surface area contributed by atoms with Gasteiger partial charge in [0.25, 0.3) is 0 Å². The molecule has 4 aromatic rings. The third kappa shape index (κ3) is 6.25. The molecule has 0 saturated carbocycles. The van der Waals surface area contributed by atoms with E-state index in [0.717, 1.165) is 57.9 Å². The van der Waals surface area contributed by atoms with Gasteiger partial charge < -0.3 is 5.32 Å². The third-order valence-corrected chi connectivity index (χ3v) is 8.70. The van der Waals surface area contributed by atoms with Gasteiger partial charge in [-0.1, -0.05) is 38.1 Å². The van der Waals surface area contributed by atoms with E-state index in [1.54, 1.807) is 11.6 Å². The second-order valence-electron chi connectivity index (χ2n) is 12.3. The average Bonchev–Trinajstić information content (AvgIpc) is 3.30. The third-order valence-electron chi connectivity index (χ3n) is 8.70. The van der Waals surface area contributed by atoms with Crippen LogP contribution in [0.25, 0.3) is 16.9 Å². The van der Waals surface area contributed by atoms with Crippen molar-refractivity contribution in [2.24, 2.45) is 0 Å². The van der Waals surface area contributed by atoms with Crippen molar-refractivity contribution in [2.45, 2.75) is 85.6 Å². The van der Waals surface area contributed by atoms with Crippen molar-refractivity contribution in [3.63, 3.8) is 0 Å². The van der Waals surface area contributed by atoms with Crippen LogP contribution in [0.5, 0.6) is 0 Å². The normalized spacial score (nSPS) is 14.8. The van der Waals surface area contributed by atoms with E-state index in [1.807, 2.05) is 45.9 Å². The van der Waals surface area contributed by atoms with Gasteiger partial charge >= 0.3 is 6.18 Å². The first-order chi connectivity index (χ1) is 21.1. The van der Waals surface area contributed by atoms with Crippen LogP contribution < -0.4 is 5.32 Å². The van der Waals surface area contributed by atoms with E-state index in [9.17, 15) is 18.0 Å². The number of benzene rings is 3. The minimum atomic E-state index is -4.44. The van der Waals surface area contributed by atoms with Gasteiger partial charge in [-0.25, -0.2) is 13.5 Å². The molecule has 0 fully saturated rings. The van der Waals surface area contributed by atoms with Crippen molar-refractivity contribution in [1.29, 1.82) is 0 Å². The number of nitrogens with one attached hydrogen (secondary N) is 1. The van der Waals surface area contributed by atoms with E-state index < -0.39 is 34.8 Å². The van der Waals surface area contributed by atoms with Crippen LogP contribution in [-0.4, -0.2) is 26.1 Å². The van der Waals surface area contributed by atoms with Crippen LogP contribution >= 0.6 is 0 Å². The number of aryl methyl sites for hydroxylation is 3. The Bertz CT molecular complexity index is 1750. The molecule has 3 aromatic carbocycles. The molecular formula is C35H37F5N4O. The molecule has 0 saturated heterocycles. The first kappa shape index (κ1) is 32.3. The molecule has 0 atom stereocenters. The highest BCUT2D eigenvalue weighted by molar-refractivity contribution is 5.89. The summed E-state index contributed by atoms with van der Waals surface area (Å²) in [7, 11) is 0. The number of rotatable bonds is 7. The molecule has 5 nitrogen and oxygen atoms in total. The predicted octanol–water partition coefficient (Wildman–Crippen LogP) is 8.56. The molecule has 1 amide bonds. The number of nitrogens with zero attached hydrogens (tertiary/aromatic N) is 3. The predicted molar refractivity (Wildman–Crippen MR) is 165 cm³/mol. The smallest absolute Gasteiger partial charge is 0.324 e. The van der Waals surface area contributed by atoms with Crippen LogP contribution in [0.15, 0.2) is 48.5 Å². The summed E-state index contributed by atoms with van der Waals surface area (Å²) in [6.07, 6.45) is -2.58. The summed E-state index contributed by atoms with van der Waals surface area (Å²) in [5.74, 6) is -2.02. The SMILES string of the molecule is CCc1cccc(CC)c1-n1nc2c(c1-c1cc(F)c(NC(C)=O)cc1F)CN(Cc1ccc(C(F)(F)F)cc1C)C(C)(C)C2. The zero-order valence-electron chi connectivity index (χ0n) is 26.3. The number of carbonyl (C=O) groups is 1. The van der Waals surface area contributed by atoms with Gasteiger partial charge in [0.15, 0.2) is 0 Å². The summed E-state index contributed by atoms with van der Waals surface area (Å²) in [4.78, 5) is 13.8. The van der Waals surface area contributed by atoms with Crippen LogP contribution in [0, 0.1) is 18.6 Å². The van der Waals surface area contributed by atoms with E-state index >= 15 is 8.78 Å². The van der Waals surface area contributed by atoms with E-state index in [2.05, 4.69) is 10.2 Å². The highest BCUT2D eigenvalue weighted by Crippen LogP contribution is 2.41. The number of aromatic nitrogens is 2. The molecule has 0 spiro atoms. The van der Waals surface area contributed by atoms with Crippen molar-refractivity contribution in [1.82, 2.24) is 14.7 Å². The lowest BCUT2D eigenvalue weighted by Gasteiger charge is -2.42. The number of alkyl halides is 3. The standard InChI is InChI=1S/C35H37F5N4O/c1-7-22-10-9-11-23(8-2)32(22)44-33(26-15-29(37)30(16-28(26)36)41-21(4)45)27-19-43(34(5,6)17-31(27)42-44)18-24-12-13-25(14-20(24)3)35(38,39)40/h9-16H,7-8,17-19H2,1-6H3,(H,41,45). The lowest BCUT2D eigenvalue weighted by Crippen LogP contribution is -2.47. The van der Waals surface area contributed by atoms with Crippen LogP contribution in [0.1, 0.15) is 73.7 Å². The Morgan fingerprint density at radius 2 is 1.64 bits per heavy atom. The Kier molecular flexibility index (Phi) is 8.65. The van der Waals surface area contributed by atoms with Crippen molar-refractivity contribution < 1.29 is 26.7 Å². The summed E-state index contributed by atoms with van der Waals surface area (Å²) < 4.78 is 73.2. The number of hydrogen-bond acceptors (Lipinski definition) is 3. The summed E-state index contributed by atoms with van der Waals surface area (Å²) in [5, 5.41) is 7.40. The first-order valence-electron chi connectivity index (χ1n) is 15.0. The maximum atomic E-state index is 16.0. The highest BCUT2D eigenvalue weighted by atomic mass is 19.4. The van der Waals surface area contributed by atoms with Crippen LogP contribution in [-0.2, 0) is 43.3 Å². The number of anilines is 1. The minimum absolute atomic E-state index is 0.00804. The fourth-order valence-corrected chi connectivity index (χ4v) is 6.19. The molecular weight excluding hydrogens is 587 g/mol. The number of hydrogen-bond donors (Lipinski definition) is 1. The Morgan fingerprint density at radius 1 is 0.978 bits per heavy atom. The Hall–Kier alpha value is -4.05. The molecule has 5 rings (SSSR count). The molecule has 1 aliphatic heterocycles. The lowest BCUT2D eigenvalue weighted by atomic mass is 9.87. The number of para-hydroxylation sites is 1. The largest absolute Gasteiger partial charge is 0.416 e. The molecule has 1 N–H and O–H groups in total. The fraction of sp³-hybridized carbons (Fsp3) is 0.371. The number of carbonyl (C=O) groups excluding carboxylic acids is 1. The van der Waals surface area contributed by atoms with Gasteiger partial charge in [0.1, 0.15) is 11.6 Å². The van der Waals surface area contributed by atoms with E-state index in [1.165, 1.54) is 13.0 Å². The molecule has 238 valence electrons. The van der Waals surface area contributed by atoms with Gasteiger partial charge in [0.05, 0.1) is 28.3 Å². The molecule has 1 aromatic heterocycles. The van der Waals surface area contributed by atoms with Crippen molar-refractivity contribution >= 4 is 11.6 Å². The van der Waals surface area contributed by atoms with Gasteiger partial charge in [0.2, 0.25) is 5.91 Å². The number of halogens is 5. The Labute approximate surface area is 260 Å². The van der Waals surface area contributed by atoms with E-state index in [4.69, 9.17) is 5.10 Å².